The van der Waals surface area contributed by atoms with E-state index in [4.69, 9.17) is 9.72 Å². The van der Waals surface area contributed by atoms with E-state index in [1.54, 1.807) is 16.8 Å². The van der Waals surface area contributed by atoms with Crippen molar-refractivity contribution < 1.29 is 9.84 Å². The predicted molar refractivity (Wildman–Crippen MR) is 104 cm³/mol. The third-order valence-electron chi connectivity index (χ3n) is 4.06. The second kappa shape index (κ2) is 7.39. The lowest BCUT2D eigenvalue weighted by Crippen LogP contribution is -2.03. The van der Waals surface area contributed by atoms with Crippen molar-refractivity contribution in [3.63, 3.8) is 0 Å². The van der Waals surface area contributed by atoms with Gasteiger partial charge in [-0.25, -0.2) is 14.6 Å². The topological polar surface area (TPSA) is 73.1 Å². The van der Waals surface area contributed by atoms with Gasteiger partial charge in [0.05, 0.1) is 29.0 Å². The molecule has 1 N–H and O–H groups in total. The van der Waals surface area contributed by atoms with Crippen molar-refractivity contribution in [2.45, 2.75) is 6.61 Å². The molecule has 0 aliphatic carbocycles. The highest BCUT2D eigenvalue weighted by molar-refractivity contribution is 5.79. The second-order valence-electron chi connectivity index (χ2n) is 5.89. The van der Waals surface area contributed by atoms with E-state index in [9.17, 15) is 5.11 Å². The quantitative estimate of drug-likeness (QED) is 0.534. The smallest absolute Gasteiger partial charge is 0.243 e. The van der Waals surface area contributed by atoms with Gasteiger partial charge in [0.1, 0.15) is 12.3 Å². The van der Waals surface area contributed by atoms with Crippen molar-refractivity contribution in [1.29, 1.82) is 0 Å². The molecular weight excluding hydrogens is 340 g/mol. The summed E-state index contributed by atoms with van der Waals surface area (Å²) >= 11 is 0. The summed E-state index contributed by atoms with van der Waals surface area (Å²) in [6.07, 6.45) is 1.66. The molecule has 2 heterocycles. The number of fused-ring (bicyclic) bond motifs is 1. The molecule has 0 amide bonds. The Morgan fingerprint density at radius 2 is 1.70 bits per heavy atom. The lowest BCUT2D eigenvalue weighted by Gasteiger charge is -2.08. The first-order valence-corrected chi connectivity index (χ1v) is 8.56. The van der Waals surface area contributed by atoms with Crippen molar-refractivity contribution in [3.05, 3.63) is 79.0 Å². The first-order valence-electron chi connectivity index (χ1n) is 8.56. The normalized spacial score (nSPS) is 10.9. The van der Waals surface area contributed by atoms with Crippen LogP contribution in [0.25, 0.3) is 28.1 Å². The molecule has 0 aliphatic rings. The average Bonchev–Trinajstić information content (AvgIpc) is 3.16. The molecule has 0 aliphatic heterocycles. The number of aromatic nitrogens is 4. The van der Waals surface area contributed by atoms with E-state index < -0.39 is 0 Å². The Kier molecular flexibility index (Phi) is 4.63. The van der Waals surface area contributed by atoms with Crippen molar-refractivity contribution >= 4 is 11.0 Å². The van der Waals surface area contributed by atoms with Crippen LogP contribution < -0.4 is 4.74 Å². The number of nitrogens with zero attached hydrogens (tertiary/aromatic N) is 4. The number of aliphatic hydroxyl groups excluding tert-OH is 1. The zero-order valence-electron chi connectivity index (χ0n) is 14.6. The summed E-state index contributed by atoms with van der Waals surface area (Å²) in [6, 6.07) is 19.0. The lowest BCUT2D eigenvalue weighted by molar-refractivity contribution is 0.273. The Morgan fingerprint density at radius 1 is 1.00 bits per heavy atom. The molecule has 0 fully saturated rings. The van der Waals surface area contributed by atoms with Gasteiger partial charge in [0.25, 0.3) is 0 Å². The van der Waals surface area contributed by atoms with Crippen LogP contribution in [0.4, 0.5) is 0 Å². The van der Waals surface area contributed by atoms with Gasteiger partial charge in [0.15, 0.2) is 5.69 Å². The molecule has 6 nitrogen and oxygen atoms in total. The van der Waals surface area contributed by atoms with Crippen LogP contribution in [0.15, 0.2) is 73.3 Å². The molecule has 0 saturated heterocycles. The Bertz CT molecular complexity index is 1090. The minimum atomic E-state index is -0.147. The van der Waals surface area contributed by atoms with Crippen LogP contribution >= 0.6 is 0 Å². The van der Waals surface area contributed by atoms with Gasteiger partial charge < -0.3 is 9.84 Å². The summed E-state index contributed by atoms with van der Waals surface area (Å²) in [5.74, 6) is 0.385. The molecule has 0 atom stereocenters. The minimum Gasteiger partial charge on any atom is -0.472 e. The fourth-order valence-electron chi connectivity index (χ4n) is 2.83. The van der Waals surface area contributed by atoms with E-state index in [0.717, 1.165) is 16.7 Å². The van der Waals surface area contributed by atoms with Crippen molar-refractivity contribution in [3.8, 4) is 23.0 Å². The number of ether oxygens (including phenoxy) is 1. The van der Waals surface area contributed by atoms with Crippen LogP contribution in [-0.2, 0) is 6.61 Å². The molecule has 134 valence electrons. The Labute approximate surface area is 156 Å². The molecule has 0 radical (unpaired) electrons. The van der Waals surface area contributed by atoms with E-state index in [0.29, 0.717) is 29.6 Å². The fourth-order valence-corrected chi connectivity index (χ4v) is 2.83. The molecule has 27 heavy (non-hydrogen) atoms. The number of para-hydroxylation sites is 3. The molecular formula is C21H18N4O2. The summed E-state index contributed by atoms with van der Waals surface area (Å²) in [4.78, 5) is 9.28. The van der Waals surface area contributed by atoms with E-state index in [-0.39, 0.29) is 6.61 Å². The molecule has 0 unspecified atom stereocenters. The Morgan fingerprint density at radius 3 is 2.41 bits per heavy atom. The summed E-state index contributed by atoms with van der Waals surface area (Å²) < 4.78 is 7.43. The molecule has 4 aromatic rings. The van der Waals surface area contributed by atoms with Gasteiger partial charge in [0.2, 0.25) is 5.88 Å². The molecule has 0 saturated carbocycles. The first kappa shape index (κ1) is 16.9. The van der Waals surface area contributed by atoms with Crippen molar-refractivity contribution in [2.75, 3.05) is 6.61 Å². The maximum Gasteiger partial charge on any atom is 0.243 e. The third kappa shape index (κ3) is 3.30. The Hall–Kier alpha value is -3.51. The van der Waals surface area contributed by atoms with Gasteiger partial charge in [-0.2, -0.15) is 5.10 Å². The molecule has 0 bridgehead atoms. The predicted octanol–water partition coefficient (Wildman–Crippen LogP) is 3.54. The maximum absolute atomic E-state index is 9.78. The number of aliphatic hydroxyl groups is 1. The molecule has 0 spiro atoms. The average molecular weight is 358 g/mol. The molecule has 6 heteroatoms. The standard InChI is InChI=1S/C21H18N4O2/c1-2-12-27-21-20(22-17-10-6-7-11-18(17)23-21)19-13-16(14-26)25(24-19)15-8-4-3-5-9-15/h2-11,13,26H,1,12,14H2. The highest BCUT2D eigenvalue weighted by Crippen LogP contribution is 2.29. The van der Waals surface area contributed by atoms with Gasteiger partial charge in [0, 0.05) is 0 Å². The first-order chi connectivity index (χ1) is 13.3. The number of rotatable bonds is 6. The number of benzene rings is 2. The van der Waals surface area contributed by atoms with Gasteiger partial charge >= 0.3 is 0 Å². The fraction of sp³-hybridized carbons (Fsp3) is 0.0952. The SMILES string of the molecule is C=CCOc1nc2ccccc2nc1-c1cc(CO)n(-c2ccccc2)n1. The zero-order chi connectivity index (χ0) is 18.6. The van der Waals surface area contributed by atoms with Gasteiger partial charge in [-0.1, -0.05) is 43.0 Å². The summed E-state index contributed by atoms with van der Waals surface area (Å²) in [5.41, 5.74) is 4.11. The van der Waals surface area contributed by atoms with E-state index in [1.807, 2.05) is 54.6 Å². The van der Waals surface area contributed by atoms with Crippen LogP contribution in [0.1, 0.15) is 5.69 Å². The van der Waals surface area contributed by atoms with Crippen LogP contribution in [-0.4, -0.2) is 31.5 Å². The van der Waals surface area contributed by atoms with Crippen LogP contribution in [0.5, 0.6) is 5.88 Å². The van der Waals surface area contributed by atoms with Crippen molar-refractivity contribution in [2.24, 2.45) is 0 Å². The number of hydrogen-bond donors (Lipinski definition) is 1. The van der Waals surface area contributed by atoms with Crippen LogP contribution in [0, 0.1) is 0 Å². The third-order valence-corrected chi connectivity index (χ3v) is 4.06. The highest BCUT2D eigenvalue weighted by atomic mass is 16.5. The largest absolute Gasteiger partial charge is 0.472 e. The van der Waals surface area contributed by atoms with E-state index >= 15 is 0 Å². The molecule has 2 aromatic carbocycles. The highest BCUT2D eigenvalue weighted by Gasteiger charge is 2.18. The van der Waals surface area contributed by atoms with Gasteiger partial charge in [-0.15, -0.1) is 0 Å². The zero-order valence-corrected chi connectivity index (χ0v) is 14.6. The lowest BCUT2D eigenvalue weighted by atomic mass is 10.2. The minimum absolute atomic E-state index is 0.147. The molecule has 2 aromatic heterocycles. The maximum atomic E-state index is 9.78. The summed E-state index contributed by atoms with van der Waals surface area (Å²) in [7, 11) is 0. The van der Waals surface area contributed by atoms with Gasteiger partial charge in [-0.05, 0) is 30.3 Å². The van der Waals surface area contributed by atoms with Crippen LogP contribution in [0.2, 0.25) is 0 Å². The van der Waals surface area contributed by atoms with E-state index in [1.165, 1.54) is 0 Å². The van der Waals surface area contributed by atoms with Crippen LogP contribution in [0.3, 0.4) is 0 Å². The van der Waals surface area contributed by atoms with Crippen molar-refractivity contribution in [1.82, 2.24) is 19.7 Å². The number of hydrogen-bond acceptors (Lipinski definition) is 5. The second-order valence-corrected chi connectivity index (χ2v) is 5.89. The van der Waals surface area contributed by atoms with E-state index in [2.05, 4.69) is 16.7 Å². The Balaban J connectivity index is 1.88. The summed E-state index contributed by atoms with van der Waals surface area (Å²) in [6.45, 7) is 3.85. The molecule has 4 rings (SSSR count). The van der Waals surface area contributed by atoms with Gasteiger partial charge in [-0.3, -0.25) is 0 Å². The summed E-state index contributed by atoms with van der Waals surface area (Å²) in [5, 5.41) is 14.4. The monoisotopic (exact) mass is 358 g/mol.